The van der Waals surface area contributed by atoms with Gasteiger partial charge >= 0.3 is 5.97 Å². The Morgan fingerprint density at radius 1 is 0.824 bits per heavy atom. The van der Waals surface area contributed by atoms with Gasteiger partial charge in [-0.2, -0.15) is 4.98 Å². The van der Waals surface area contributed by atoms with Crippen molar-refractivity contribution in [2.75, 3.05) is 31.2 Å². The number of para-hydroxylation sites is 3. The molecular weight excluding hydrogens is 432 g/mol. The van der Waals surface area contributed by atoms with Crippen LogP contribution in [0.5, 0.6) is 11.5 Å². The van der Waals surface area contributed by atoms with E-state index in [1.807, 2.05) is 54.6 Å². The molecule has 4 rings (SSSR count). The quantitative estimate of drug-likeness (QED) is 0.258. The molecule has 0 spiro atoms. The third-order valence-electron chi connectivity index (χ3n) is 5.31. The number of unbranched alkanes of at least 4 members (excludes halogenated alkanes) is 1. The summed E-state index contributed by atoms with van der Waals surface area (Å²) >= 11 is 0. The highest BCUT2D eigenvalue weighted by Crippen LogP contribution is 2.22. The molecule has 0 aliphatic rings. The first-order valence-corrected chi connectivity index (χ1v) is 11.4. The van der Waals surface area contributed by atoms with Crippen molar-refractivity contribution in [1.29, 1.82) is 0 Å². The molecule has 0 saturated heterocycles. The van der Waals surface area contributed by atoms with E-state index in [0.29, 0.717) is 25.0 Å². The van der Waals surface area contributed by atoms with E-state index in [0.717, 1.165) is 49.2 Å². The average molecular weight is 461 g/mol. The topological polar surface area (TPSA) is 85.0 Å². The van der Waals surface area contributed by atoms with Crippen molar-refractivity contribution in [2.45, 2.75) is 19.3 Å². The molecule has 1 aromatic heterocycles. The Hall–Kier alpha value is -4.00. The van der Waals surface area contributed by atoms with Crippen LogP contribution >= 0.6 is 0 Å². The maximum Gasteiger partial charge on any atom is 0.335 e. The molecule has 0 fully saturated rings. The molecule has 7 heteroatoms. The summed E-state index contributed by atoms with van der Waals surface area (Å²) in [5.41, 5.74) is 1.83. The lowest BCUT2D eigenvalue weighted by Crippen LogP contribution is -2.27. The standard InChI is InChI=1S/C27H28N2O5/c30-26(31)21-10-8-13-23(20-21)33-18-7-6-16-29(17-9-19-32-22-11-2-1-3-12-22)27-28-24-14-4-5-15-25(24)34-27/h1-5,8,10-15,20H,6-7,9,16-19H2,(H,30,31). The fourth-order valence-corrected chi connectivity index (χ4v) is 3.57. The Labute approximate surface area is 198 Å². The van der Waals surface area contributed by atoms with Gasteiger partial charge in [0, 0.05) is 13.1 Å². The first-order valence-electron chi connectivity index (χ1n) is 11.4. The largest absolute Gasteiger partial charge is 0.494 e. The SMILES string of the molecule is O=C(O)c1cccc(OCCCCN(CCCOc2ccccc2)c2nc3ccccc3o2)c1. The van der Waals surface area contributed by atoms with Crippen molar-refractivity contribution in [3.8, 4) is 11.5 Å². The number of oxazole rings is 1. The van der Waals surface area contributed by atoms with E-state index in [1.165, 1.54) is 0 Å². The van der Waals surface area contributed by atoms with Crippen LogP contribution in [0.15, 0.2) is 83.3 Å². The number of carboxylic acids is 1. The highest BCUT2D eigenvalue weighted by atomic mass is 16.5. The molecule has 7 nitrogen and oxygen atoms in total. The number of rotatable bonds is 13. The van der Waals surface area contributed by atoms with E-state index in [9.17, 15) is 4.79 Å². The van der Waals surface area contributed by atoms with Crippen LogP contribution in [0.2, 0.25) is 0 Å². The van der Waals surface area contributed by atoms with Gasteiger partial charge in [0.2, 0.25) is 0 Å². The van der Waals surface area contributed by atoms with E-state index in [-0.39, 0.29) is 5.56 Å². The number of ether oxygens (including phenoxy) is 2. The number of nitrogens with zero attached hydrogens (tertiary/aromatic N) is 2. The number of carboxylic acid groups (broad SMARTS) is 1. The number of carbonyl (C=O) groups is 1. The van der Waals surface area contributed by atoms with Crippen LogP contribution in [0.4, 0.5) is 6.01 Å². The monoisotopic (exact) mass is 460 g/mol. The molecule has 0 amide bonds. The smallest absolute Gasteiger partial charge is 0.335 e. The van der Waals surface area contributed by atoms with E-state index in [1.54, 1.807) is 24.3 Å². The minimum absolute atomic E-state index is 0.220. The minimum Gasteiger partial charge on any atom is -0.494 e. The average Bonchev–Trinajstić information content (AvgIpc) is 3.30. The molecule has 0 radical (unpaired) electrons. The molecule has 3 aromatic carbocycles. The molecule has 0 aliphatic heterocycles. The van der Waals surface area contributed by atoms with Crippen molar-refractivity contribution in [3.63, 3.8) is 0 Å². The third kappa shape index (κ3) is 6.51. The molecule has 176 valence electrons. The van der Waals surface area contributed by atoms with E-state index >= 15 is 0 Å². The number of anilines is 1. The highest BCUT2D eigenvalue weighted by molar-refractivity contribution is 5.88. The maximum absolute atomic E-state index is 11.1. The number of aromatic carboxylic acids is 1. The lowest BCUT2D eigenvalue weighted by molar-refractivity contribution is 0.0696. The zero-order valence-corrected chi connectivity index (χ0v) is 18.9. The summed E-state index contributed by atoms with van der Waals surface area (Å²) in [5.74, 6) is 0.462. The molecule has 1 heterocycles. The van der Waals surface area contributed by atoms with Gasteiger partial charge in [-0.25, -0.2) is 4.79 Å². The first kappa shape index (κ1) is 23.2. The van der Waals surface area contributed by atoms with Crippen molar-refractivity contribution in [1.82, 2.24) is 4.98 Å². The highest BCUT2D eigenvalue weighted by Gasteiger charge is 2.14. The number of hydrogen-bond acceptors (Lipinski definition) is 6. The Balaban J connectivity index is 1.29. The molecule has 1 N–H and O–H groups in total. The van der Waals surface area contributed by atoms with E-state index in [2.05, 4.69) is 9.88 Å². The van der Waals surface area contributed by atoms with Gasteiger partial charge in [-0.3, -0.25) is 0 Å². The molecule has 0 unspecified atom stereocenters. The van der Waals surface area contributed by atoms with Crippen LogP contribution in [0.1, 0.15) is 29.6 Å². The van der Waals surface area contributed by atoms with Crippen LogP contribution in [0.25, 0.3) is 11.1 Å². The third-order valence-corrected chi connectivity index (χ3v) is 5.31. The number of benzene rings is 3. The van der Waals surface area contributed by atoms with E-state index < -0.39 is 5.97 Å². The lowest BCUT2D eigenvalue weighted by atomic mass is 10.2. The summed E-state index contributed by atoms with van der Waals surface area (Å²) in [5, 5.41) is 9.11. The molecule has 0 bridgehead atoms. The second-order valence-corrected chi connectivity index (χ2v) is 7.85. The van der Waals surface area contributed by atoms with Gasteiger partial charge in [0.05, 0.1) is 18.8 Å². The number of aromatic nitrogens is 1. The van der Waals surface area contributed by atoms with Crippen LogP contribution in [-0.4, -0.2) is 42.4 Å². The fraction of sp³-hybridized carbons (Fsp3) is 0.259. The van der Waals surface area contributed by atoms with Gasteiger partial charge < -0.3 is 23.9 Å². The van der Waals surface area contributed by atoms with Crippen LogP contribution in [0.3, 0.4) is 0 Å². The Morgan fingerprint density at radius 3 is 2.35 bits per heavy atom. The summed E-state index contributed by atoms with van der Waals surface area (Å²) in [6.07, 6.45) is 2.51. The normalized spacial score (nSPS) is 10.8. The molecule has 0 atom stereocenters. The number of fused-ring (bicyclic) bond motifs is 1. The fourth-order valence-electron chi connectivity index (χ4n) is 3.57. The van der Waals surface area contributed by atoms with Gasteiger partial charge in [0.25, 0.3) is 6.01 Å². The van der Waals surface area contributed by atoms with Gasteiger partial charge in [-0.1, -0.05) is 36.4 Å². The van der Waals surface area contributed by atoms with Gasteiger partial charge in [-0.15, -0.1) is 0 Å². The van der Waals surface area contributed by atoms with Crippen molar-refractivity contribution in [2.24, 2.45) is 0 Å². The molecule has 4 aromatic rings. The summed E-state index contributed by atoms with van der Waals surface area (Å²) in [4.78, 5) is 17.9. The molecule has 0 aliphatic carbocycles. The maximum atomic E-state index is 11.1. The second kappa shape index (κ2) is 11.7. The molecular formula is C27H28N2O5. The predicted octanol–water partition coefficient (Wildman–Crippen LogP) is 5.66. The Morgan fingerprint density at radius 2 is 1.53 bits per heavy atom. The Kier molecular flexibility index (Phi) is 8.00. The van der Waals surface area contributed by atoms with Gasteiger partial charge in [-0.05, 0) is 61.7 Å². The van der Waals surface area contributed by atoms with Gasteiger partial charge in [0.1, 0.15) is 17.0 Å². The van der Waals surface area contributed by atoms with Crippen LogP contribution < -0.4 is 14.4 Å². The number of hydrogen-bond donors (Lipinski definition) is 1. The molecule has 0 saturated carbocycles. The second-order valence-electron chi connectivity index (χ2n) is 7.85. The van der Waals surface area contributed by atoms with E-state index in [4.69, 9.17) is 19.0 Å². The van der Waals surface area contributed by atoms with Crippen molar-refractivity contribution in [3.05, 3.63) is 84.4 Å². The van der Waals surface area contributed by atoms with Crippen LogP contribution in [0, 0.1) is 0 Å². The predicted molar refractivity (Wildman–Crippen MR) is 131 cm³/mol. The molecule has 34 heavy (non-hydrogen) atoms. The summed E-state index contributed by atoms with van der Waals surface area (Å²) in [6.45, 7) is 2.61. The van der Waals surface area contributed by atoms with Crippen molar-refractivity contribution < 1.29 is 23.8 Å². The van der Waals surface area contributed by atoms with Gasteiger partial charge in [0.15, 0.2) is 5.58 Å². The summed E-state index contributed by atoms with van der Waals surface area (Å²) in [6, 6.07) is 24.7. The lowest BCUT2D eigenvalue weighted by Gasteiger charge is -2.20. The van der Waals surface area contributed by atoms with Crippen molar-refractivity contribution >= 4 is 23.1 Å². The zero-order chi connectivity index (χ0) is 23.6. The summed E-state index contributed by atoms with van der Waals surface area (Å²) < 4.78 is 17.6. The minimum atomic E-state index is -0.962. The van der Waals surface area contributed by atoms with Crippen LogP contribution in [-0.2, 0) is 0 Å². The summed E-state index contributed by atoms with van der Waals surface area (Å²) in [7, 11) is 0. The first-order chi connectivity index (χ1) is 16.7. The Bertz CT molecular complexity index is 1160. The zero-order valence-electron chi connectivity index (χ0n) is 18.9.